The van der Waals surface area contributed by atoms with Gasteiger partial charge in [0, 0.05) is 11.7 Å². The van der Waals surface area contributed by atoms with Crippen LogP contribution in [0.25, 0.3) is 0 Å². The second-order valence-electron chi connectivity index (χ2n) is 5.11. The molecule has 0 heterocycles. The SMILES string of the molecule is Cc1ccc(C(C)Nc2ccc(C(=O)O)cc2)c(C)c1. The number of hydrogen-bond acceptors (Lipinski definition) is 2. The van der Waals surface area contributed by atoms with E-state index in [4.69, 9.17) is 5.11 Å². The van der Waals surface area contributed by atoms with E-state index in [9.17, 15) is 4.79 Å². The van der Waals surface area contributed by atoms with Crippen molar-refractivity contribution in [3.05, 3.63) is 64.7 Å². The third-order valence-electron chi connectivity index (χ3n) is 3.41. The van der Waals surface area contributed by atoms with Crippen molar-refractivity contribution in [1.82, 2.24) is 0 Å². The third-order valence-corrected chi connectivity index (χ3v) is 3.41. The average molecular weight is 269 g/mol. The highest BCUT2D eigenvalue weighted by Gasteiger charge is 2.09. The van der Waals surface area contributed by atoms with Gasteiger partial charge < -0.3 is 10.4 Å². The zero-order valence-electron chi connectivity index (χ0n) is 12.0. The number of anilines is 1. The van der Waals surface area contributed by atoms with Crippen molar-refractivity contribution in [3.63, 3.8) is 0 Å². The van der Waals surface area contributed by atoms with E-state index in [-0.39, 0.29) is 6.04 Å². The van der Waals surface area contributed by atoms with Crippen LogP contribution in [0.3, 0.4) is 0 Å². The van der Waals surface area contributed by atoms with Crippen LogP contribution in [0.2, 0.25) is 0 Å². The van der Waals surface area contributed by atoms with Gasteiger partial charge in [-0.15, -0.1) is 0 Å². The van der Waals surface area contributed by atoms with Crippen LogP contribution in [-0.2, 0) is 0 Å². The molecule has 20 heavy (non-hydrogen) atoms. The first-order valence-corrected chi connectivity index (χ1v) is 6.64. The maximum absolute atomic E-state index is 10.8. The Balaban J connectivity index is 2.14. The van der Waals surface area contributed by atoms with Gasteiger partial charge in [0.1, 0.15) is 0 Å². The average Bonchev–Trinajstić information content (AvgIpc) is 2.39. The Bertz CT molecular complexity index is 617. The number of carboxylic acids is 1. The molecule has 0 amide bonds. The van der Waals surface area contributed by atoms with Crippen molar-refractivity contribution in [2.45, 2.75) is 26.8 Å². The fourth-order valence-electron chi connectivity index (χ4n) is 2.35. The van der Waals surface area contributed by atoms with Crippen LogP contribution in [0.1, 0.15) is 40.0 Å². The molecule has 2 aromatic carbocycles. The summed E-state index contributed by atoms with van der Waals surface area (Å²) in [7, 11) is 0. The molecule has 0 aliphatic heterocycles. The Morgan fingerprint density at radius 3 is 2.30 bits per heavy atom. The summed E-state index contributed by atoms with van der Waals surface area (Å²) < 4.78 is 0. The third kappa shape index (κ3) is 3.18. The van der Waals surface area contributed by atoms with Crippen LogP contribution in [0.15, 0.2) is 42.5 Å². The van der Waals surface area contributed by atoms with Gasteiger partial charge in [-0.25, -0.2) is 4.79 Å². The number of hydrogen-bond donors (Lipinski definition) is 2. The first kappa shape index (κ1) is 14.1. The predicted molar refractivity (Wildman–Crippen MR) is 81.4 cm³/mol. The van der Waals surface area contributed by atoms with Gasteiger partial charge in [0.2, 0.25) is 0 Å². The Morgan fingerprint density at radius 1 is 1.10 bits per heavy atom. The monoisotopic (exact) mass is 269 g/mol. The van der Waals surface area contributed by atoms with E-state index in [1.807, 2.05) is 0 Å². The number of aromatic carboxylic acids is 1. The van der Waals surface area contributed by atoms with E-state index in [1.165, 1.54) is 16.7 Å². The zero-order chi connectivity index (χ0) is 14.7. The molecule has 0 fully saturated rings. The molecule has 1 unspecified atom stereocenters. The molecular formula is C17H19NO2. The van der Waals surface area contributed by atoms with Gasteiger partial charge in [0.05, 0.1) is 5.56 Å². The highest BCUT2D eigenvalue weighted by atomic mass is 16.4. The first-order valence-electron chi connectivity index (χ1n) is 6.64. The lowest BCUT2D eigenvalue weighted by Gasteiger charge is -2.18. The van der Waals surface area contributed by atoms with Crippen molar-refractivity contribution in [2.75, 3.05) is 5.32 Å². The molecule has 0 radical (unpaired) electrons. The fourth-order valence-corrected chi connectivity index (χ4v) is 2.35. The quantitative estimate of drug-likeness (QED) is 0.875. The van der Waals surface area contributed by atoms with Gasteiger partial charge >= 0.3 is 5.97 Å². The molecule has 3 nitrogen and oxygen atoms in total. The summed E-state index contributed by atoms with van der Waals surface area (Å²) in [5.74, 6) is -0.904. The van der Waals surface area contributed by atoms with E-state index in [1.54, 1.807) is 24.3 Å². The minimum atomic E-state index is -0.904. The van der Waals surface area contributed by atoms with Crippen molar-refractivity contribution >= 4 is 11.7 Å². The largest absolute Gasteiger partial charge is 0.478 e. The molecule has 2 rings (SSSR count). The maximum atomic E-state index is 10.8. The van der Waals surface area contributed by atoms with Crippen molar-refractivity contribution in [1.29, 1.82) is 0 Å². The van der Waals surface area contributed by atoms with E-state index in [0.29, 0.717) is 5.56 Å². The minimum Gasteiger partial charge on any atom is -0.478 e. The van der Waals surface area contributed by atoms with Gasteiger partial charge in [0.25, 0.3) is 0 Å². The maximum Gasteiger partial charge on any atom is 0.335 e. The Labute approximate surface area is 119 Å². The molecule has 0 aromatic heterocycles. The molecule has 0 saturated carbocycles. The smallest absolute Gasteiger partial charge is 0.335 e. The molecule has 0 spiro atoms. The van der Waals surface area contributed by atoms with E-state index in [0.717, 1.165) is 5.69 Å². The van der Waals surface area contributed by atoms with Crippen LogP contribution >= 0.6 is 0 Å². The lowest BCUT2D eigenvalue weighted by atomic mass is 10.00. The van der Waals surface area contributed by atoms with Gasteiger partial charge in [-0.1, -0.05) is 23.8 Å². The van der Waals surface area contributed by atoms with Gasteiger partial charge in [-0.05, 0) is 56.2 Å². The number of carbonyl (C=O) groups is 1. The standard InChI is InChI=1S/C17H19NO2/c1-11-4-9-16(12(2)10-11)13(3)18-15-7-5-14(6-8-15)17(19)20/h4-10,13,18H,1-3H3,(H,19,20). The Morgan fingerprint density at radius 2 is 1.75 bits per heavy atom. The van der Waals surface area contributed by atoms with E-state index < -0.39 is 5.97 Å². The number of carboxylic acid groups (broad SMARTS) is 1. The van der Waals surface area contributed by atoms with Crippen LogP contribution in [0.5, 0.6) is 0 Å². The summed E-state index contributed by atoms with van der Waals surface area (Å²) in [5.41, 5.74) is 4.98. The minimum absolute atomic E-state index is 0.172. The second kappa shape index (κ2) is 5.78. The topological polar surface area (TPSA) is 49.3 Å². The number of aryl methyl sites for hydroxylation is 2. The molecule has 0 aliphatic carbocycles. The van der Waals surface area contributed by atoms with Crippen molar-refractivity contribution in [3.8, 4) is 0 Å². The van der Waals surface area contributed by atoms with E-state index >= 15 is 0 Å². The first-order chi connectivity index (χ1) is 9.47. The number of benzene rings is 2. The van der Waals surface area contributed by atoms with Gasteiger partial charge in [0.15, 0.2) is 0 Å². The lowest BCUT2D eigenvalue weighted by Crippen LogP contribution is -2.08. The zero-order valence-corrected chi connectivity index (χ0v) is 12.0. The second-order valence-corrected chi connectivity index (χ2v) is 5.11. The number of rotatable bonds is 4. The molecule has 2 aromatic rings. The molecular weight excluding hydrogens is 250 g/mol. The summed E-state index contributed by atoms with van der Waals surface area (Å²) in [6, 6.07) is 13.4. The van der Waals surface area contributed by atoms with Crippen molar-refractivity contribution in [2.24, 2.45) is 0 Å². The highest BCUT2D eigenvalue weighted by Crippen LogP contribution is 2.23. The normalized spacial score (nSPS) is 11.9. The van der Waals surface area contributed by atoms with Crippen LogP contribution in [-0.4, -0.2) is 11.1 Å². The van der Waals surface area contributed by atoms with Gasteiger partial charge in [-0.2, -0.15) is 0 Å². The Hall–Kier alpha value is -2.29. The molecule has 0 saturated heterocycles. The molecule has 1 atom stereocenters. The van der Waals surface area contributed by atoms with Crippen LogP contribution in [0.4, 0.5) is 5.69 Å². The summed E-state index contributed by atoms with van der Waals surface area (Å²) in [6.07, 6.45) is 0. The van der Waals surface area contributed by atoms with Crippen LogP contribution < -0.4 is 5.32 Å². The van der Waals surface area contributed by atoms with E-state index in [2.05, 4.69) is 44.3 Å². The van der Waals surface area contributed by atoms with Gasteiger partial charge in [-0.3, -0.25) is 0 Å². The fraction of sp³-hybridized carbons (Fsp3) is 0.235. The molecule has 0 aliphatic rings. The predicted octanol–water partition coefficient (Wildman–Crippen LogP) is 4.17. The summed E-state index contributed by atoms with van der Waals surface area (Å²) in [5, 5.41) is 12.3. The van der Waals surface area contributed by atoms with Crippen molar-refractivity contribution < 1.29 is 9.90 Å². The number of nitrogens with one attached hydrogen (secondary N) is 1. The molecule has 3 heteroatoms. The summed E-state index contributed by atoms with van der Waals surface area (Å²) >= 11 is 0. The molecule has 104 valence electrons. The Kier molecular flexibility index (Phi) is 4.08. The molecule has 0 bridgehead atoms. The summed E-state index contributed by atoms with van der Waals surface area (Å²) in [6.45, 7) is 6.29. The summed E-state index contributed by atoms with van der Waals surface area (Å²) in [4.78, 5) is 10.8. The lowest BCUT2D eigenvalue weighted by molar-refractivity contribution is 0.0697. The highest BCUT2D eigenvalue weighted by molar-refractivity contribution is 5.88. The van der Waals surface area contributed by atoms with Crippen LogP contribution in [0, 0.1) is 13.8 Å². The molecule has 2 N–H and O–H groups in total.